The van der Waals surface area contributed by atoms with E-state index in [9.17, 15) is 0 Å². The van der Waals surface area contributed by atoms with Gasteiger partial charge in [-0.3, -0.25) is 0 Å². The highest BCUT2D eigenvalue weighted by Crippen LogP contribution is 2.49. The highest BCUT2D eigenvalue weighted by Gasteiger charge is 2.23. The van der Waals surface area contributed by atoms with E-state index in [1.165, 1.54) is 120 Å². The molecule has 0 unspecified atom stereocenters. The second kappa shape index (κ2) is 33.0. The van der Waals surface area contributed by atoms with E-state index < -0.39 is 7.12 Å². The third kappa shape index (κ3) is 14.3. The van der Waals surface area contributed by atoms with E-state index in [0.29, 0.717) is 10.5 Å². The van der Waals surface area contributed by atoms with Crippen LogP contribution >= 0.6 is 118 Å². The number of rotatable bonds is 7. The van der Waals surface area contributed by atoms with Crippen LogP contribution in [0.1, 0.15) is 65.3 Å². The first-order valence-corrected chi connectivity index (χ1v) is 44.5. The molecular weight excluding hydrogens is 1770 g/mol. The predicted molar refractivity (Wildman–Crippen MR) is 556 cm³/mol. The Hall–Kier alpha value is -9.92. The molecule has 5 aromatic heterocycles. The van der Waals surface area contributed by atoms with Crippen molar-refractivity contribution in [1.29, 1.82) is 0 Å². The molecule has 0 aliphatic heterocycles. The standard InChI is InChI=1S/C52H31NO2S.C22H13ClS.C16H9BrS.C6H6BClO2.2CH3I.22H2/c1-2-11-37-32(10-1)26-31-48-49(37)44-18-8-15-39(52(44)56-48)34-24-29-36(30-25-34)53(45-19-9-17-43-41-13-4-6-21-47(41)55-51(43)45)35-27-22-33(23-28-35)38-14-7-16-42-40-12-3-5-20-46(40)54-50(38)42;23-16-11-8-15(9-12-16)18-6-3-7-19-21-17-5-2-1-4-14(17)10-13-20(21)24-22(18)19;17-13-7-3-6-12-15-11-5-2-1-4-10(11)8-9-14(15)18-16(12)13;8-6-3-1-5(2-4-6)7(9)10;2*1-2;;;;;;;;;;;;;;;;;;;;;;/h1-31H;1-13H;1-9H;1-4,9-10H;2*1H3;22*1H/i;;;;;;22*1+1D. The Morgan fingerprint density at radius 1 is 0.330 bits per heavy atom. The van der Waals surface area contributed by atoms with Crippen LogP contribution in [0.15, 0.2) is 359 Å². The number of anilines is 3. The molecule has 22 aromatic rings. The summed E-state index contributed by atoms with van der Waals surface area (Å²) in [6.45, 7) is 0. The van der Waals surface area contributed by atoms with Crippen molar-refractivity contribution in [3.63, 3.8) is 0 Å². The number of nitrogens with zero attached hydrogens (tertiary/aromatic N) is 1. The van der Waals surface area contributed by atoms with Gasteiger partial charge in [0.25, 0.3) is 0 Å². The van der Waals surface area contributed by atoms with Crippen molar-refractivity contribution < 1.29 is 84.2 Å². The predicted octanol–water partition coefficient (Wildman–Crippen LogP) is 36.8. The summed E-state index contributed by atoms with van der Waals surface area (Å²) in [5, 5.41) is 39.0. The van der Waals surface area contributed by atoms with Crippen LogP contribution in [0.4, 0.5) is 17.1 Å². The van der Waals surface area contributed by atoms with E-state index in [1.54, 1.807) is 24.3 Å². The summed E-state index contributed by atoms with van der Waals surface area (Å²) >= 11 is 25.2. The fourth-order valence-electron chi connectivity index (χ4n) is 15.3. The van der Waals surface area contributed by atoms with Gasteiger partial charge < -0.3 is 23.8 Å². The monoisotopic (exact) mass is 1920 g/mol. The maximum absolute atomic E-state index is 8.63. The highest BCUT2D eigenvalue weighted by atomic mass is 127. The SMILES string of the molecule is Brc1cccc2c1sc1ccc3ccccc3c12.CI.CI.Clc1ccc(-c2cccc3c2sc2ccc4ccccc4c23)cc1.OB(O)c1ccc(Cl)cc1.[2H][2H].[2H][2H].[2H][2H].[2H][2H].[2H][2H].[2H][2H].[2H][2H].[2H][2H].[2H][2H].[2H][2H].[2H][2H].[2H][2H].[2H][2H].[2H][2H].[2H][2H].[2H][2H].[2H][2H].[2H][2H].[2H][2H].[2H][2H].[2H][2H].[2H][2H].c1ccc2c(c1)ccc1sc3c(-c4ccc(N(c5ccc(-c6cccc7c6oc6ccccc67)cc5)c5cccc6c5oc5ccccc56)cc4)cccc3c12. The molecule has 0 spiro atoms. The fourth-order valence-corrected chi connectivity index (χ4v) is 19.8. The van der Waals surface area contributed by atoms with E-state index in [1.807, 2.05) is 80.3 Å². The quantitative estimate of drug-likeness (QED) is 0.0945. The maximum atomic E-state index is 8.63. The van der Waals surface area contributed by atoms with Crippen LogP contribution in [-0.2, 0) is 0 Å². The molecule has 0 aliphatic carbocycles. The summed E-state index contributed by atoms with van der Waals surface area (Å²) in [6, 6.07) is 121. The van der Waals surface area contributed by atoms with Crippen LogP contribution in [0, 0.1) is 0 Å². The van der Waals surface area contributed by atoms with Crippen LogP contribution in [0.25, 0.3) is 170 Å². The Labute approximate surface area is 772 Å². The summed E-state index contributed by atoms with van der Waals surface area (Å²) in [7, 11) is -1.41. The van der Waals surface area contributed by atoms with Gasteiger partial charge in [0.1, 0.15) is 16.7 Å². The fraction of sp³-hybridized carbons (Fsp3) is 0.0204. The molecule has 0 amide bonds. The van der Waals surface area contributed by atoms with Gasteiger partial charge in [0, 0.05) is 179 Å². The Kier molecular flexibility index (Phi) is 15.7. The normalized spacial score (nSPS) is 12.8. The van der Waals surface area contributed by atoms with Crippen molar-refractivity contribution in [2.45, 2.75) is 0 Å². The van der Waals surface area contributed by atoms with E-state index in [-0.39, 0.29) is 0 Å². The van der Waals surface area contributed by atoms with E-state index >= 15 is 0 Å². The lowest BCUT2D eigenvalue weighted by molar-refractivity contribution is 0.426. The highest BCUT2D eigenvalue weighted by molar-refractivity contribution is 14.1. The van der Waals surface area contributed by atoms with Gasteiger partial charge in [-0.15, -0.1) is 34.0 Å². The first kappa shape index (κ1) is 53.2. The molecule has 586 valence electrons. The molecule has 5 nitrogen and oxygen atoms in total. The zero-order valence-electron chi connectivity index (χ0n) is 104. The van der Waals surface area contributed by atoms with Crippen LogP contribution in [-0.4, -0.2) is 27.0 Å². The van der Waals surface area contributed by atoms with Gasteiger partial charge in [0.05, 0.1) is 5.69 Å². The number of fused-ring (bicyclic) bond motifs is 21. The van der Waals surface area contributed by atoms with Gasteiger partial charge in [-0.05, 0) is 182 Å². The first-order chi connectivity index (χ1) is 77.1. The number of halogens is 5. The van der Waals surface area contributed by atoms with Gasteiger partial charge >= 0.3 is 7.12 Å². The van der Waals surface area contributed by atoms with Crippen molar-refractivity contribution in [1.82, 2.24) is 0 Å². The molecule has 5 heterocycles. The number of hydrogen-bond acceptors (Lipinski definition) is 8. The molecule has 2 N–H and O–H groups in total. The zero-order valence-corrected chi connectivity index (χ0v) is 70.1. The minimum atomic E-state index is -1.41. The minimum absolute atomic E-state index is 0.449. The lowest BCUT2D eigenvalue weighted by atomic mass is 9.81. The van der Waals surface area contributed by atoms with Crippen LogP contribution in [0.2, 0.25) is 10.0 Å². The summed E-state index contributed by atoms with van der Waals surface area (Å²) in [6.07, 6.45) is 0. The Balaban J connectivity index is -0.000000472. The third-order valence-electron chi connectivity index (χ3n) is 20.3. The molecule has 17 aromatic carbocycles. The van der Waals surface area contributed by atoms with E-state index in [0.717, 1.165) is 77.1 Å². The molecule has 22 rings (SSSR count). The lowest BCUT2D eigenvalue weighted by Gasteiger charge is -2.26. The smallest absolute Gasteiger partial charge is 0.455 e. The summed E-state index contributed by atoms with van der Waals surface area (Å²) in [5.74, 6) is 0. The average Bonchev–Trinajstić information content (AvgIpc) is 1.60. The van der Waals surface area contributed by atoms with Crippen molar-refractivity contribution in [2.24, 2.45) is 0 Å². The van der Waals surface area contributed by atoms with Gasteiger partial charge in [-0.2, -0.15) is 0 Å². The maximum Gasteiger partial charge on any atom is 0.488 e. The largest absolute Gasteiger partial charge is 0.488 e. The Bertz CT molecular complexity index is 7360. The van der Waals surface area contributed by atoms with Gasteiger partial charge in [0.2, 0.25) is 0 Å². The average molecular weight is 1920 g/mol. The van der Waals surface area contributed by atoms with Crippen LogP contribution in [0.5, 0.6) is 0 Å². The Morgan fingerprint density at radius 3 is 1.13 bits per heavy atom. The third-order valence-corrected chi connectivity index (χ3v) is 25.4. The first-order valence-electron chi connectivity index (χ1n) is 58.2. The van der Waals surface area contributed by atoms with Crippen molar-refractivity contribution in [2.75, 3.05) is 14.8 Å². The minimum Gasteiger partial charge on any atom is -0.455 e. The summed E-state index contributed by atoms with van der Waals surface area (Å²) < 4.78 is 242. The molecule has 14 heteroatoms. The molecule has 0 radical (unpaired) electrons. The van der Waals surface area contributed by atoms with E-state index in [2.05, 4.69) is 351 Å². The molecule has 0 saturated heterocycles. The van der Waals surface area contributed by atoms with E-state index in [4.69, 9.17) is 107 Å². The number of alkyl halides is 2. The number of para-hydroxylation sites is 4. The Morgan fingerprint density at radius 2 is 0.670 bits per heavy atom. The lowest BCUT2D eigenvalue weighted by Crippen LogP contribution is -2.29. The van der Waals surface area contributed by atoms with Crippen LogP contribution < -0.4 is 10.4 Å². The number of thiophene rings is 3. The molecule has 0 bridgehead atoms. The zero-order chi connectivity index (χ0) is 121. The number of benzene rings is 17. The van der Waals surface area contributed by atoms with Crippen molar-refractivity contribution >= 4 is 285 Å². The topological polar surface area (TPSA) is 70.0 Å². The van der Waals surface area contributed by atoms with Gasteiger partial charge in [0.15, 0.2) is 5.58 Å². The molecular formula is C98H109BBrCl2I2NO4S3. The molecule has 0 saturated carbocycles. The second-order valence-corrected chi connectivity index (χ2v) is 31.5. The molecule has 112 heavy (non-hydrogen) atoms. The summed E-state index contributed by atoms with van der Waals surface area (Å²) in [5.41, 5.74) is 14.1. The van der Waals surface area contributed by atoms with Gasteiger partial charge in [-0.1, -0.05) is 323 Å². The van der Waals surface area contributed by atoms with Crippen LogP contribution in [0.3, 0.4) is 0 Å². The summed E-state index contributed by atoms with van der Waals surface area (Å²) in [4.78, 5) is 6.25. The van der Waals surface area contributed by atoms with Gasteiger partial charge in [-0.25, -0.2) is 0 Å². The molecule has 0 atom stereocenters. The number of furan rings is 2. The molecule has 0 fully saturated rings. The molecule has 0 aliphatic rings. The second-order valence-electron chi connectivity index (χ2n) is 26.7. The number of hydrogen-bond donors (Lipinski definition) is 2. The van der Waals surface area contributed by atoms with Crippen molar-refractivity contribution in [3.8, 4) is 33.4 Å². The van der Waals surface area contributed by atoms with Crippen molar-refractivity contribution in [3.05, 3.63) is 360 Å².